The zero-order chi connectivity index (χ0) is 7.07. The van der Waals surface area contributed by atoms with Crippen molar-refractivity contribution in [3.63, 3.8) is 0 Å². The standard InChI is InChI=1S/C7H16N2S/c1-2-4-6-8-9-10-7-5-3-1/h8-9H,1-7H2. The van der Waals surface area contributed by atoms with Gasteiger partial charge < -0.3 is 0 Å². The Bertz CT molecular complexity index is 44.8. The summed E-state index contributed by atoms with van der Waals surface area (Å²) in [5.41, 5.74) is 3.17. The fourth-order valence-corrected chi connectivity index (χ4v) is 1.73. The average molecular weight is 160 g/mol. The molecular weight excluding hydrogens is 144 g/mol. The van der Waals surface area contributed by atoms with E-state index >= 15 is 0 Å². The third kappa shape index (κ3) is 4.14. The Morgan fingerprint density at radius 2 is 1.70 bits per heavy atom. The minimum atomic E-state index is 1.12. The highest BCUT2D eigenvalue weighted by Crippen LogP contribution is 2.06. The summed E-state index contributed by atoms with van der Waals surface area (Å²) in [5, 5.41) is 0. The van der Waals surface area contributed by atoms with Crippen LogP contribution in [0.4, 0.5) is 0 Å². The Labute approximate surface area is 67.3 Å². The highest BCUT2D eigenvalue weighted by atomic mass is 32.2. The van der Waals surface area contributed by atoms with Gasteiger partial charge in [-0.25, -0.2) is 10.3 Å². The highest BCUT2D eigenvalue weighted by molar-refractivity contribution is 7.97. The van der Waals surface area contributed by atoms with Gasteiger partial charge in [0.2, 0.25) is 0 Å². The molecule has 1 aliphatic heterocycles. The van der Waals surface area contributed by atoms with Gasteiger partial charge in [-0.3, -0.25) is 0 Å². The van der Waals surface area contributed by atoms with Crippen molar-refractivity contribution in [2.24, 2.45) is 0 Å². The summed E-state index contributed by atoms with van der Waals surface area (Å²) < 4.78 is 0. The average Bonchev–Trinajstić information content (AvgIpc) is 2.01. The maximum atomic E-state index is 3.17. The number of hydrogen-bond acceptors (Lipinski definition) is 3. The van der Waals surface area contributed by atoms with Gasteiger partial charge in [0.15, 0.2) is 0 Å². The lowest BCUT2D eigenvalue weighted by Crippen LogP contribution is -2.27. The second kappa shape index (κ2) is 6.01. The Morgan fingerprint density at radius 1 is 0.900 bits per heavy atom. The minimum absolute atomic E-state index is 1.12. The van der Waals surface area contributed by atoms with Crippen molar-refractivity contribution in [1.29, 1.82) is 0 Å². The fourth-order valence-electron chi connectivity index (χ4n) is 1.07. The first-order valence-corrected chi connectivity index (χ1v) is 5.08. The number of hydrazine groups is 1. The van der Waals surface area contributed by atoms with Crippen LogP contribution in [0.5, 0.6) is 0 Å². The summed E-state index contributed by atoms with van der Waals surface area (Å²) in [5.74, 6) is 1.24. The van der Waals surface area contributed by atoms with Crippen LogP contribution >= 0.6 is 11.9 Å². The summed E-state index contributed by atoms with van der Waals surface area (Å²) >= 11 is 1.79. The van der Waals surface area contributed by atoms with Gasteiger partial charge in [-0.05, 0) is 12.8 Å². The molecule has 2 nitrogen and oxygen atoms in total. The lowest BCUT2D eigenvalue weighted by molar-refractivity contribution is 0.572. The molecule has 1 fully saturated rings. The number of hydrogen-bond donors (Lipinski definition) is 2. The summed E-state index contributed by atoms with van der Waals surface area (Å²) in [4.78, 5) is 3.12. The van der Waals surface area contributed by atoms with E-state index in [0.29, 0.717) is 0 Å². The molecule has 0 aliphatic carbocycles. The molecule has 0 aromatic carbocycles. The van der Waals surface area contributed by atoms with Gasteiger partial charge in [0.1, 0.15) is 0 Å². The minimum Gasteiger partial charge on any atom is -0.248 e. The van der Waals surface area contributed by atoms with Crippen molar-refractivity contribution in [2.75, 3.05) is 12.3 Å². The normalized spacial score (nSPS) is 24.0. The van der Waals surface area contributed by atoms with E-state index in [2.05, 4.69) is 10.3 Å². The van der Waals surface area contributed by atoms with Crippen LogP contribution in [0.1, 0.15) is 32.1 Å². The van der Waals surface area contributed by atoms with E-state index in [-0.39, 0.29) is 0 Å². The fraction of sp³-hybridized carbons (Fsp3) is 1.00. The number of nitrogens with one attached hydrogen (secondary N) is 2. The topological polar surface area (TPSA) is 24.1 Å². The third-order valence-corrected chi connectivity index (χ3v) is 2.47. The van der Waals surface area contributed by atoms with E-state index < -0.39 is 0 Å². The smallest absolute Gasteiger partial charge is 0.0109 e. The van der Waals surface area contributed by atoms with Gasteiger partial charge in [-0.15, -0.1) is 0 Å². The predicted octanol–water partition coefficient (Wildman–Crippen LogP) is 1.69. The van der Waals surface area contributed by atoms with Crippen molar-refractivity contribution < 1.29 is 0 Å². The lowest BCUT2D eigenvalue weighted by Gasteiger charge is -2.08. The lowest BCUT2D eigenvalue weighted by atomic mass is 10.1. The molecule has 0 aromatic heterocycles. The molecule has 1 saturated heterocycles. The van der Waals surface area contributed by atoms with Crippen LogP contribution in [-0.2, 0) is 0 Å². The predicted molar refractivity (Wildman–Crippen MR) is 46.7 cm³/mol. The van der Waals surface area contributed by atoms with E-state index in [1.54, 1.807) is 11.9 Å². The van der Waals surface area contributed by atoms with Crippen molar-refractivity contribution in [2.45, 2.75) is 32.1 Å². The zero-order valence-corrected chi connectivity index (χ0v) is 7.17. The first-order valence-electron chi connectivity index (χ1n) is 4.10. The molecule has 0 unspecified atom stereocenters. The van der Waals surface area contributed by atoms with Crippen molar-refractivity contribution in [3.8, 4) is 0 Å². The second-order valence-corrected chi connectivity index (χ2v) is 3.55. The molecule has 0 atom stereocenters. The summed E-state index contributed by atoms with van der Waals surface area (Å²) in [7, 11) is 0. The Balaban J connectivity index is 2.00. The van der Waals surface area contributed by atoms with E-state index in [0.717, 1.165) is 6.54 Å². The molecule has 2 N–H and O–H groups in total. The van der Waals surface area contributed by atoms with Crippen LogP contribution in [0.2, 0.25) is 0 Å². The van der Waals surface area contributed by atoms with Crippen molar-refractivity contribution in [1.82, 2.24) is 10.3 Å². The molecule has 0 aromatic rings. The molecule has 1 rings (SSSR count). The highest BCUT2D eigenvalue weighted by Gasteiger charge is 1.94. The van der Waals surface area contributed by atoms with Crippen LogP contribution in [0, 0.1) is 0 Å². The molecule has 0 radical (unpaired) electrons. The van der Waals surface area contributed by atoms with Crippen LogP contribution < -0.4 is 10.3 Å². The van der Waals surface area contributed by atoms with Gasteiger partial charge in [-0.1, -0.05) is 31.2 Å². The Morgan fingerprint density at radius 3 is 2.70 bits per heavy atom. The van der Waals surface area contributed by atoms with Crippen LogP contribution in [0.3, 0.4) is 0 Å². The molecule has 60 valence electrons. The Kier molecular flexibility index (Phi) is 5.03. The molecule has 0 spiro atoms. The summed E-state index contributed by atoms with van der Waals surface area (Å²) in [6.45, 7) is 1.12. The molecular formula is C7H16N2S. The largest absolute Gasteiger partial charge is 0.248 e. The molecule has 0 amide bonds. The molecule has 0 saturated carbocycles. The zero-order valence-electron chi connectivity index (χ0n) is 6.36. The Hall–Kier alpha value is 0.270. The summed E-state index contributed by atoms with van der Waals surface area (Å²) in [6.07, 6.45) is 6.89. The van der Waals surface area contributed by atoms with Crippen molar-refractivity contribution >= 4 is 11.9 Å². The maximum Gasteiger partial charge on any atom is 0.0109 e. The SMILES string of the molecule is C1CCCNNSCCC1. The number of rotatable bonds is 0. The first kappa shape index (κ1) is 8.37. The van der Waals surface area contributed by atoms with Crippen LogP contribution in [0.15, 0.2) is 0 Å². The van der Waals surface area contributed by atoms with Gasteiger partial charge in [-0.2, -0.15) is 0 Å². The van der Waals surface area contributed by atoms with E-state index in [1.807, 2.05) is 0 Å². The van der Waals surface area contributed by atoms with E-state index in [4.69, 9.17) is 0 Å². The van der Waals surface area contributed by atoms with Gasteiger partial charge >= 0.3 is 0 Å². The molecule has 1 heterocycles. The molecule has 10 heavy (non-hydrogen) atoms. The third-order valence-electron chi connectivity index (χ3n) is 1.69. The summed E-state index contributed by atoms with van der Waals surface area (Å²) in [6, 6.07) is 0. The van der Waals surface area contributed by atoms with E-state index in [9.17, 15) is 0 Å². The van der Waals surface area contributed by atoms with E-state index in [1.165, 1.54) is 37.9 Å². The quantitative estimate of drug-likeness (QED) is 0.527. The first-order chi connectivity index (χ1) is 5.00. The van der Waals surface area contributed by atoms with Gasteiger partial charge in [0.25, 0.3) is 0 Å². The van der Waals surface area contributed by atoms with Crippen LogP contribution in [0.25, 0.3) is 0 Å². The van der Waals surface area contributed by atoms with Crippen molar-refractivity contribution in [3.05, 3.63) is 0 Å². The van der Waals surface area contributed by atoms with Crippen LogP contribution in [-0.4, -0.2) is 12.3 Å². The maximum absolute atomic E-state index is 3.17. The monoisotopic (exact) mass is 160 g/mol. The van der Waals surface area contributed by atoms with Gasteiger partial charge in [0, 0.05) is 12.3 Å². The second-order valence-electron chi connectivity index (χ2n) is 2.65. The molecule has 3 heteroatoms. The molecule has 1 aliphatic rings. The molecule has 0 bridgehead atoms. The van der Waals surface area contributed by atoms with Gasteiger partial charge in [0.05, 0.1) is 0 Å².